The molecule has 0 spiro atoms. The van der Waals surface area contributed by atoms with E-state index in [0.717, 1.165) is 32.5 Å². The minimum atomic E-state index is -0.247. The minimum Gasteiger partial charge on any atom is -0.373 e. The van der Waals surface area contributed by atoms with Gasteiger partial charge in [-0.2, -0.15) is 0 Å². The first-order valence-corrected chi connectivity index (χ1v) is 9.81. The zero-order valence-electron chi connectivity index (χ0n) is 15.9. The fourth-order valence-electron chi connectivity index (χ4n) is 3.72. The molecule has 0 saturated carbocycles. The number of pyridine rings is 1. The summed E-state index contributed by atoms with van der Waals surface area (Å²) in [6.07, 6.45) is 0. The molecule has 7 heteroatoms. The normalized spacial score (nSPS) is 16.3. The van der Waals surface area contributed by atoms with Crippen LogP contribution < -0.4 is 11.0 Å². The number of hydrogen-bond acceptors (Lipinski definition) is 4. The van der Waals surface area contributed by atoms with Crippen LogP contribution in [0, 0.1) is 13.8 Å². The number of H-pyrrole nitrogens is 1. The van der Waals surface area contributed by atoms with Gasteiger partial charge in [-0.05, 0) is 31.4 Å². The van der Waals surface area contributed by atoms with Gasteiger partial charge in [0.15, 0.2) is 0 Å². The average Bonchev–Trinajstić information content (AvgIpc) is 3.08. The van der Waals surface area contributed by atoms with Crippen molar-refractivity contribution in [1.82, 2.24) is 9.88 Å². The smallest absolute Gasteiger partial charge is 0.256 e. The van der Waals surface area contributed by atoms with Crippen LogP contribution in [0.4, 0.5) is 0 Å². The van der Waals surface area contributed by atoms with Crippen molar-refractivity contribution < 1.29 is 9.53 Å². The van der Waals surface area contributed by atoms with Crippen LogP contribution in [0.25, 0.3) is 10.8 Å². The molecule has 0 bridgehead atoms. The number of nitrogens with one attached hydrogen (secondary N) is 1. The maximum atomic E-state index is 13.0. The molecule has 1 amide bonds. The molecule has 0 saturated heterocycles. The molecule has 1 aromatic carbocycles. The summed E-state index contributed by atoms with van der Waals surface area (Å²) < 4.78 is 5.72. The van der Waals surface area contributed by atoms with Crippen LogP contribution >= 0.6 is 11.3 Å². The predicted octanol–water partition coefficient (Wildman–Crippen LogP) is 1.81. The Labute approximate surface area is 162 Å². The first-order valence-electron chi connectivity index (χ1n) is 8.93. The number of hydrogen-bond donors (Lipinski definition) is 1. The second-order valence-corrected chi connectivity index (χ2v) is 8.34. The molecule has 0 aliphatic carbocycles. The molecule has 1 N–H and O–H groups in total. The maximum Gasteiger partial charge on any atom is 0.256 e. The second kappa shape index (κ2) is 6.66. The van der Waals surface area contributed by atoms with Gasteiger partial charge in [-0.1, -0.05) is 17.1 Å². The van der Waals surface area contributed by atoms with E-state index in [0.29, 0.717) is 24.2 Å². The number of ether oxygens (including phenoxy) is 1. The van der Waals surface area contributed by atoms with Gasteiger partial charge in [-0.25, -0.2) is 0 Å². The Morgan fingerprint density at radius 2 is 2.07 bits per heavy atom. The van der Waals surface area contributed by atoms with Gasteiger partial charge in [-0.3, -0.25) is 9.59 Å². The van der Waals surface area contributed by atoms with E-state index in [9.17, 15) is 9.59 Å². The van der Waals surface area contributed by atoms with Crippen molar-refractivity contribution in [2.45, 2.75) is 26.5 Å². The first kappa shape index (κ1) is 18.0. The summed E-state index contributed by atoms with van der Waals surface area (Å²) >= 11 is 1.56. The summed E-state index contributed by atoms with van der Waals surface area (Å²) in [5.74, 6) is -0.0380. The van der Waals surface area contributed by atoms with Crippen molar-refractivity contribution in [3.05, 3.63) is 61.2 Å². The molecule has 27 heavy (non-hydrogen) atoms. The molecule has 1 aliphatic heterocycles. The molecule has 3 heterocycles. The monoisotopic (exact) mass is 380 g/mol. The van der Waals surface area contributed by atoms with Crippen molar-refractivity contribution in [3.8, 4) is 0 Å². The highest BCUT2D eigenvalue weighted by Gasteiger charge is 2.31. The van der Waals surface area contributed by atoms with Crippen LogP contribution in [0.2, 0.25) is 0 Å². The van der Waals surface area contributed by atoms with E-state index in [-0.39, 0.29) is 17.5 Å². The Balaban J connectivity index is 1.87. The molecule has 5 nitrogen and oxygen atoms in total. The Hall–Kier alpha value is -2.38. The molecular weight excluding hydrogens is 359 g/mol. The van der Waals surface area contributed by atoms with Crippen molar-refractivity contribution in [2.75, 3.05) is 13.7 Å². The SMILES string of the molecule is Bc1cc2c3c([nH]c(=O)c2cc1C)COCC3N(C)C(=O)c1csc(C)c1. The fourth-order valence-corrected chi connectivity index (χ4v) is 4.39. The van der Waals surface area contributed by atoms with Crippen molar-refractivity contribution in [1.29, 1.82) is 0 Å². The van der Waals surface area contributed by atoms with Gasteiger partial charge in [0.05, 0.1) is 24.8 Å². The van der Waals surface area contributed by atoms with Crippen molar-refractivity contribution >= 4 is 41.3 Å². The van der Waals surface area contributed by atoms with Crippen LogP contribution in [0.3, 0.4) is 0 Å². The number of aromatic nitrogens is 1. The summed E-state index contributed by atoms with van der Waals surface area (Å²) in [4.78, 5) is 31.4. The zero-order chi connectivity index (χ0) is 19.3. The average molecular weight is 380 g/mol. The Morgan fingerprint density at radius 1 is 1.30 bits per heavy atom. The number of thiophene rings is 1. The fraction of sp³-hybridized carbons (Fsp3) is 0.300. The lowest BCUT2D eigenvalue weighted by Crippen LogP contribution is -2.37. The molecule has 0 fully saturated rings. The topological polar surface area (TPSA) is 62.4 Å². The van der Waals surface area contributed by atoms with Crippen LogP contribution in [0.5, 0.6) is 0 Å². The van der Waals surface area contributed by atoms with E-state index < -0.39 is 0 Å². The maximum absolute atomic E-state index is 13.0. The van der Waals surface area contributed by atoms with Crippen molar-refractivity contribution in [3.63, 3.8) is 0 Å². The quantitative estimate of drug-likeness (QED) is 0.690. The molecule has 1 unspecified atom stereocenters. The van der Waals surface area contributed by atoms with Gasteiger partial charge in [0.2, 0.25) is 0 Å². The molecular formula is C20H21BN2O3S. The number of nitrogens with zero attached hydrogens (tertiary/aromatic N) is 1. The summed E-state index contributed by atoms with van der Waals surface area (Å²) in [7, 11) is 3.84. The van der Waals surface area contributed by atoms with Gasteiger partial charge in [0.25, 0.3) is 11.5 Å². The van der Waals surface area contributed by atoms with E-state index in [1.165, 1.54) is 0 Å². The number of rotatable bonds is 2. The van der Waals surface area contributed by atoms with Gasteiger partial charge in [-0.15, -0.1) is 11.3 Å². The third kappa shape index (κ3) is 3.01. The minimum absolute atomic E-state index is 0.0380. The largest absolute Gasteiger partial charge is 0.373 e. The molecule has 0 radical (unpaired) electrons. The lowest BCUT2D eigenvalue weighted by atomic mass is 9.86. The summed E-state index contributed by atoms with van der Waals surface area (Å²) in [5.41, 5.74) is 4.53. The van der Waals surface area contributed by atoms with E-state index >= 15 is 0 Å². The van der Waals surface area contributed by atoms with Gasteiger partial charge in [0, 0.05) is 33.9 Å². The number of fused-ring (bicyclic) bond motifs is 3. The molecule has 2 aromatic heterocycles. The number of carbonyl (C=O) groups is 1. The number of amides is 1. The van der Waals surface area contributed by atoms with Gasteiger partial charge in [0.1, 0.15) is 7.85 Å². The van der Waals surface area contributed by atoms with Crippen LogP contribution in [-0.2, 0) is 11.3 Å². The van der Waals surface area contributed by atoms with Gasteiger partial charge < -0.3 is 14.6 Å². The highest BCUT2D eigenvalue weighted by Crippen LogP contribution is 2.33. The predicted molar refractivity (Wildman–Crippen MR) is 111 cm³/mol. The summed E-state index contributed by atoms with van der Waals surface area (Å²) in [6, 6.07) is 5.65. The van der Waals surface area contributed by atoms with Crippen molar-refractivity contribution in [2.24, 2.45) is 0 Å². The van der Waals surface area contributed by atoms with Crippen LogP contribution in [-0.4, -0.2) is 37.3 Å². The zero-order valence-corrected chi connectivity index (χ0v) is 16.7. The number of carbonyl (C=O) groups excluding carboxylic acids is 1. The molecule has 3 aromatic rings. The van der Waals surface area contributed by atoms with Crippen LogP contribution in [0.15, 0.2) is 28.4 Å². The Kier molecular flexibility index (Phi) is 4.44. The standard InChI is InChI=1S/C20H21BN2O3S/c1-10-4-14-13(6-15(10)21)18-16(22-19(14)24)7-26-8-17(18)23(3)20(25)12-5-11(2)27-9-12/h4-6,9,17H,7-8,21H2,1-3H3,(H,22,24). The third-order valence-electron chi connectivity index (χ3n) is 5.38. The van der Waals surface area contributed by atoms with E-state index in [2.05, 4.69) is 11.1 Å². The number of aromatic amines is 1. The van der Waals surface area contributed by atoms with E-state index in [1.54, 1.807) is 23.3 Å². The summed E-state index contributed by atoms with van der Waals surface area (Å²) in [5, 5.41) is 3.46. The Bertz CT molecular complexity index is 1120. The lowest BCUT2D eigenvalue weighted by Gasteiger charge is -2.34. The highest BCUT2D eigenvalue weighted by molar-refractivity contribution is 7.10. The number of aryl methyl sites for hydroxylation is 2. The summed E-state index contributed by atoms with van der Waals surface area (Å²) in [6.45, 7) is 4.75. The first-order chi connectivity index (χ1) is 12.9. The molecule has 1 atom stereocenters. The van der Waals surface area contributed by atoms with E-state index in [4.69, 9.17) is 4.74 Å². The second-order valence-electron chi connectivity index (χ2n) is 7.22. The third-order valence-corrected chi connectivity index (χ3v) is 6.24. The number of benzene rings is 1. The van der Waals surface area contributed by atoms with Crippen LogP contribution in [0.1, 0.15) is 38.1 Å². The lowest BCUT2D eigenvalue weighted by molar-refractivity contribution is 0.0336. The van der Waals surface area contributed by atoms with E-state index in [1.807, 2.05) is 39.2 Å². The highest BCUT2D eigenvalue weighted by atomic mass is 32.1. The molecule has 138 valence electrons. The number of likely N-dealkylation sites (N-methyl/N-ethyl adjacent to an activating group) is 1. The molecule has 1 aliphatic rings. The Morgan fingerprint density at radius 3 is 2.78 bits per heavy atom. The van der Waals surface area contributed by atoms with Gasteiger partial charge >= 0.3 is 0 Å². The molecule has 4 rings (SSSR count).